The summed E-state index contributed by atoms with van der Waals surface area (Å²) in [6, 6.07) is 2.26. The molecule has 0 aliphatic rings. The molecule has 0 bridgehead atoms. The van der Waals surface area contributed by atoms with Gasteiger partial charge in [0.1, 0.15) is 11.7 Å². The van der Waals surface area contributed by atoms with Gasteiger partial charge in [0.25, 0.3) is 5.91 Å². The van der Waals surface area contributed by atoms with Gasteiger partial charge in [0, 0.05) is 25.6 Å². The van der Waals surface area contributed by atoms with Gasteiger partial charge in [-0.15, -0.1) is 0 Å². The highest BCUT2D eigenvalue weighted by atomic mass is 16.5. The summed E-state index contributed by atoms with van der Waals surface area (Å²) in [5.41, 5.74) is 5.69. The molecule has 0 aliphatic carbocycles. The quantitative estimate of drug-likeness (QED) is 0.590. The molecule has 1 heterocycles. The molecule has 1 aromatic heterocycles. The zero-order valence-corrected chi connectivity index (χ0v) is 10.6. The number of carbonyl (C=O) groups excluding carboxylic acids is 1. The first kappa shape index (κ1) is 14.9. The van der Waals surface area contributed by atoms with Crippen molar-refractivity contribution in [2.24, 2.45) is 5.73 Å². The molecule has 1 amide bonds. The Morgan fingerprint density at radius 2 is 2.32 bits per heavy atom. The van der Waals surface area contributed by atoms with Crippen LogP contribution in [-0.4, -0.2) is 41.7 Å². The van der Waals surface area contributed by atoms with E-state index in [9.17, 15) is 9.59 Å². The molecule has 1 rings (SSSR count). The van der Waals surface area contributed by atoms with Crippen LogP contribution in [0.2, 0.25) is 0 Å². The monoisotopic (exact) mass is 267 g/mol. The largest absolute Gasteiger partial charge is 0.480 e. The van der Waals surface area contributed by atoms with E-state index in [2.05, 4.69) is 10.3 Å². The van der Waals surface area contributed by atoms with E-state index in [0.29, 0.717) is 25.1 Å². The zero-order valence-electron chi connectivity index (χ0n) is 10.6. The van der Waals surface area contributed by atoms with Crippen molar-refractivity contribution in [3.8, 4) is 0 Å². The van der Waals surface area contributed by atoms with Gasteiger partial charge in [-0.3, -0.25) is 9.78 Å². The van der Waals surface area contributed by atoms with Crippen molar-refractivity contribution in [3.05, 3.63) is 24.0 Å². The Bertz CT molecular complexity index is 450. The van der Waals surface area contributed by atoms with Gasteiger partial charge in [-0.25, -0.2) is 4.79 Å². The van der Waals surface area contributed by atoms with Crippen LogP contribution in [0, 0.1) is 0 Å². The molecule has 7 nitrogen and oxygen atoms in total. The smallest absolute Gasteiger partial charge is 0.326 e. The number of anilines is 1. The van der Waals surface area contributed by atoms with Crippen LogP contribution in [0.3, 0.4) is 0 Å². The van der Waals surface area contributed by atoms with Crippen LogP contribution in [0.5, 0.6) is 0 Å². The average molecular weight is 267 g/mol. The molecule has 1 unspecified atom stereocenters. The molecule has 0 aromatic carbocycles. The van der Waals surface area contributed by atoms with Crippen LogP contribution < -0.4 is 11.1 Å². The fraction of sp³-hybridized carbons (Fsp3) is 0.417. The molecule has 0 saturated heterocycles. The van der Waals surface area contributed by atoms with Crippen LogP contribution in [-0.2, 0) is 9.53 Å². The number of carboxylic acid groups (broad SMARTS) is 1. The number of primary amides is 1. The number of methoxy groups -OCH3 is 1. The third-order valence-electron chi connectivity index (χ3n) is 2.49. The molecule has 0 spiro atoms. The molecule has 7 heteroatoms. The van der Waals surface area contributed by atoms with Crippen LogP contribution >= 0.6 is 0 Å². The molecular formula is C12H17N3O4. The van der Waals surface area contributed by atoms with Gasteiger partial charge in [0.2, 0.25) is 0 Å². The maximum absolute atomic E-state index is 11.1. The third kappa shape index (κ3) is 4.92. The zero-order chi connectivity index (χ0) is 14.3. The van der Waals surface area contributed by atoms with Gasteiger partial charge in [-0.05, 0) is 25.0 Å². The average Bonchev–Trinajstić information content (AvgIpc) is 2.38. The predicted molar refractivity (Wildman–Crippen MR) is 68.9 cm³/mol. The summed E-state index contributed by atoms with van der Waals surface area (Å²) in [6.45, 7) is 0.494. The first-order chi connectivity index (χ1) is 9.04. The fourth-order valence-electron chi connectivity index (χ4n) is 1.55. The van der Waals surface area contributed by atoms with Crippen molar-refractivity contribution < 1.29 is 19.4 Å². The van der Waals surface area contributed by atoms with E-state index in [1.54, 1.807) is 13.2 Å². The maximum Gasteiger partial charge on any atom is 0.326 e. The first-order valence-electron chi connectivity index (χ1n) is 5.78. The van der Waals surface area contributed by atoms with Gasteiger partial charge < -0.3 is 20.9 Å². The second-order valence-corrected chi connectivity index (χ2v) is 3.96. The lowest BCUT2D eigenvalue weighted by molar-refractivity contribution is -0.138. The minimum Gasteiger partial charge on any atom is -0.480 e. The summed E-state index contributed by atoms with van der Waals surface area (Å²) in [5, 5.41) is 11.9. The van der Waals surface area contributed by atoms with Gasteiger partial charge >= 0.3 is 5.97 Å². The second-order valence-electron chi connectivity index (χ2n) is 3.96. The highest BCUT2D eigenvalue weighted by Gasteiger charge is 2.17. The molecule has 0 fully saturated rings. The van der Waals surface area contributed by atoms with Crippen molar-refractivity contribution in [2.75, 3.05) is 19.0 Å². The minimum absolute atomic E-state index is 0.0889. The number of nitrogens with one attached hydrogen (secondary N) is 1. The normalized spacial score (nSPS) is 11.8. The number of aliphatic carboxylic acids is 1. The van der Waals surface area contributed by atoms with Crippen molar-refractivity contribution in [1.82, 2.24) is 4.98 Å². The van der Waals surface area contributed by atoms with Crippen LogP contribution in [0.25, 0.3) is 0 Å². The molecule has 19 heavy (non-hydrogen) atoms. The number of carboxylic acids is 1. The number of amides is 1. The Morgan fingerprint density at radius 3 is 2.89 bits per heavy atom. The Hall–Kier alpha value is -2.15. The second kappa shape index (κ2) is 7.32. The first-order valence-corrected chi connectivity index (χ1v) is 5.78. The highest BCUT2D eigenvalue weighted by Crippen LogP contribution is 2.12. The summed E-state index contributed by atoms with van der Waals surface area (Å²) in [5.74, 6) is -1.62. The van der Waals surface area contributed by atoms with Gasteiger partial charge in [0.15, 0.2) is 0 Å². The number of hydrogen-bond donors (Lipinski definition) is 3. The molecule has 1 atom stereocenters. The highest BCUT2D eigenvalue weighted by molar-refractivity contribution is 5.91. The topological polar surface area (TPSA) is 115 Å². The van der Waals surface area contributed by atoms with Crippen molar-refractivity contribution in [2.45, 2.75) is 18.9 Å². The third-order valence-corrected chi connectivity index (χ3v) is 2.49. The number of nitrogens with zero attached hydrogens (tertiary/aromatic N) is 1. The van der Waals surface area contributed by atoms with Gasteiger partial charge in [-0.2, -0.15) is 0 Å². The van der Waals surface area contributed by atoms with E-state index in [0.717, 1.165) is 0 Å². The number of rotatable bonds is 8. The van der Waals surface area contributed by atoms with E-state index in [4.69, 9.17) is 15.6 Å². The van der Waals surface area contributed by atoms with Crippen molar-refractivity contribution >= 4 is 17.6 Å². The number of pyridine rings is 1. The summed E-state index contributed by atoms with van der Waals surface area (Å²) in [7, 11) is 1.56. The number of nitrogens with two attached hydrogens (primary N) is 1. The number of carbonyl (C=O) groups is 2. The van der Waals surface area contributed by atoms with E-state index in [1.165, 1.54) is 12.3 Å². The molecule has 0 aliphatic heterocycles. The molecule has 104 valence electrons. The van der Waals surface area contributed by atoms with Crippen LogP contribution in [0.15, 0.2) is 18.3 Å². The maximum atomic E-state index is 11.1. The standard InChI is InChI=1S/C12H17N3O4/c1-19-6-2-3-9(12(17)18)15-8-4-5-14-10(7-8)11(13)16/h4-5,7,9H,2-3,6H2,1H3,(H2,13,16)(H,14,15)(H,17,18). The van der Waals surface area contributed by atoms with Crippen LogP contribution in [0.1, 0.15) is 23.3 Å². The molecular weight excluding hydrogens is 250 g/mol. The van der Waals surface area contributed by atoms with Crippen molar-refractivity contribution in [3.63, 3.8) is 0 Å². The van der Waals surface area contributed by atoms with Gasteiger partial charge in [0.05, 0.1) is 0 Å². The van der Waals surface area contributed by atoms with E-state index >= 15 is 0 Å². The minimum atomic E-state index is -0.964. The Balaban J connectivity index is 2.70. The summed E-state index contributed by atoms with van der Waals surface area (Å²) < 4.78 is 4.88. The van der Waals surface area contributed by atoms with Crippen LogP contribution in [0.4, 0.5) is 5.69 Å². The molecule has 4 N–H and O–H groups in total. The fourth-order valence-corrected chi connectivity index (χ4v) is 1.55. The SMILES string of the molecule is COCCCC(Nc1ccnc(C(N)=O)c1)C(=O)O. The Labute approximate surface area is 110 Å². The summed E-state index contributed by atoms with van der Waals surface area (Å²) >= 11 is 0. The Morgan fingerprint density at radius 1 is 1.58 bits per heavy atom. The predicted octanol–water partition coefficient (Wildman–Crippen LogP) is 0.472. The lowest BCUT2D eigenvalue weighted by Gasteiger charge is -2.15. The van der Waals surface area contributed by atoms with E-state index in [-0.39, 0.29) is 5.69 Å². The molecule has 0 saturated carbocycles. The number of aromatic nitrogens is 1. The van der Waals surface area contributed by atoms with E-state index < -0.39 is 17.9 Å². The number of ether oxygens (including phenoxy) is 1. The number of hydrogen-bond acceptors (Lipinski definition) is 5. The summed E-state index contributed by atoms with van der Waals surface area (Å²) in [4.78, 5) is 25.9. The molecule has 0 radical (unpaired) electrons. The summed E-state index contributed by atoms with van der Waals surface area (Å²) in [6.07, 6.45) is 2.43. The molecule has 1 aromatic rings. The lowest BCUT2D eigenvalue weighted by atomic mass is 10.1. The van der Waals surface area contributed by atoms with Gasteiger partial charge in [-0.1, -0.05) is 0 Å². The van der Waals surface area contributed by atoms with E-state index in [1.807, 2.05) is 0 Å². The Kier molecular flexibility index (Phi) is 5.74. The van der Waals surface area contributed by atoms with Crippen molar-refractivity contribution in [1.29, 1.82) is 0 Å². The lowest BCUT2D eigenvalue weighted by Crippen LogP contribution is -2.29.